The summed E-state index contributed by atoms with van der Waals surface area (Å²) in [7, 11) is 1.59. The number of ether oxygens (including phenoxy) is 1. The van der Waals surface area contributed by atoms with E-state index in [9.17, 15) is 4.79 Å². The van der Waals surface area contributed by atoms with Gasteiger partial charge in [0.25, 0.3) is 0 Å². The molecule has 3 rings (SSSR count). The third-order valence-electron chi connectivity index (χ3n) is 4.32. The van der Waals surface area contributed by atoms with E-state index in [1.807, 2.05) is 35.2 Å². The zero-order valence-corrected chi connectivity index (χ0v) is 14.3. The fourth-order valence-electron chi connectivity index (χ4n) is 2.99. The highest BCUT2D eigenvalue weighted by atomic mass is 16.5. The first-order chi connectivity index (χ1) is 11.6. The number of nitrogens with one attached hydrogen (secondary N) is 1. The van der Waals surface area contributed by atoms with Crippen LogP contribution in [0.15, 0.2) is 34.9 Å². The van der Waals surface area contributed by atoms with Crippen molar-refractivity contribution < 1.29 is 14.1 Å². The summed E-state index contributed by atoms with van der Waals surface area (Å²) in [5.41, 5.74) is 1.49. The van der Waals surface area contributed by atoms with Gasteiger partial charge in [0.2, 0.25) is 0 Å². The average molecular weight is 329 g/mol. The topological polar surface area (TPSA) is 67.6 Å². The number of para-hydroxylation sites is 2. The van der Waals surface area contributed by atoms with E-state index in [1.54, 1.807) is 7.11 Å². The largest absolute Gasteiger partial charge is 0.495 e. The first-order valence-electron chi connectivity index (χ1n) is 8.27. The minimum absolute atomic E-state index is 0.0454. The van der Waals surface area contributed by atoms with Crippen LogP contribution in [0.5, 0.6) is 5.75 Å². The van der Waals surface area contributed by atoms with Gasteiger partial charge in [-0.25, -0.2) is 4.79 Å². The number of anilines is 1. The monoisotopic (exact) mass is 329 g/mol. The summed E-state index contributed by atoms with van der Waals surface area (Å²) in [6.07, 6.45) is 1.84. The lowest BCUT2D eigenvalue weighted by Crippen LogP contribution is -2.34. The van der Waals surface area contributed by atoms with Gasteiger partial charge in [0, 0.05) is 18.5 Å². The number of amides is 2. The Kier molecular flexibility index (Phi) is 4.74. The van der Waals surface area contributed by atoms with Gasteiger partial charge in [-0.1, -0.05) is 31.1 Å². The Bertz CT molecular complexity index is 711. The average Bonchev–Trinajstić information content (AvgIpc) is 3.24. The SMILES string of the molecule is COc1ccccc1NC(=O)N1CCCC1c1cc(C(C)C)on1. The van der Waals surface area contributed by atoms with Crippen molar-refractivity contribution in [3.8, 4) is 5.75 Å². The maximum Gasteiger partial charge on any atom is 0.322 e. The maximum absolute atomic E-state index is 12.7. The molecule has 0 bridgehead atoms. The zero-order chi connectivity index (χ0) is 17.1. The van der Waals surface area contributed by atoms with Crippen LogP contribution in [0.1, 0.15) is 50.1 Å². The van der Waals surface area contributed by atoms with Gasteiger partial charge in [-0.15, -0.1) is 0 Å². The molecule has 128 valence electrons. The van der Waals surface area contributed by atoms with Crippen molar-refractivity contribution in [3.05, 3.63) is 41.8 Å². The lowest BCUT2D eigenvalue weighted by Gasteiger charge is -2.23. The number of methoxy groups -OCH3 is 1. The first-order valence-corrected chi connectivity index (χ1v) is 8.27. The molecule has 2 heterocycles. The lowest BCUT2D eigenvalue weighted by molar-refractivity contribution is 0.204. The molecule has 6 nitrogen and oxygen atoms in total. The smallest absolute Gasteiger partial charge is 0.322 e. The van der Waals surface area contributed by atoms with Crippen LogP contribution in [-0.4, -0.2) is 29.7 Å². The van der Waals surface area contributed by atoms with E-state index in [1.165, 1.54) is 0 Å². The van der Waals surface area contributed by atoms with Crippen LogP contribution in [0.3, 0.4) is 0 Å². The molecular weight excluding hydrogens is 306 g/mol. The zero-order valence-electron chi connectivity index (χ0n) is 14.3. The molecule has 1 saturated heterocycles. The van der Waals surface area contributed by atoms with Crippen molar-refractivity contribution >= 4 is 11.7 Å². The maximum atomic E-state index is 12.7. The highest BCUT2D eigenvalue weighted by molar-refractivity contribution is 5.91. The van der Waals surface area contributed by atoms with Gasteiger partial charge in [0.05, 0.1) is 18.8 Å². The fourth-order valence-corrected chi connectivity index (χ4v) is 2.99. The standard InChI is InChI=1S/C18H23N3O3/c1-12(2)17-11-14(20-24-17)15-8-6-10-21(15)18(22)19-13-7-4-5-9-16(13)23-3/h4-5,7,9,11-12,15H,6,8,10H2,1-3H3,(H,19,22). The molecule has 1 N–H and O–H groups in total. The van der Waals surface area contributed by atoms with E-state index >= 15 is 0 Å². The van der Waals surface area contributed by atoms with Crippen LogP contribution < -0.4 is 10.1 Å². The second kappa shape index (κ2) is 6.95. The number of hydrogen-bond acceptors (Lipinski definition) is 4. The van der Waals surface area contributed by atoms with Gasteiger partial charge in [-0.05, 0) is 25.0 Å². The third-order valence-corrected chi connectivity index (χ3v) is 4.32. The molecule has 0 spiro atoms. The van der Waals surface area contributed by atoms with Crippen molar-refractivity contribution in [1.82, 2.24) is 10.1 Å². The Hall–Kier alpha value is -2.50. The van der Waals surface area contributed by atoms with E-state index in [0.717, 1.165) is 24.3 Å². The van der Waals surface area contributed by atoms with Crippen molar-refractivity contribution in [2.75, 3.05) is 19.0 Å². The summed E-state index contributed by atoms with van der Waals surface area (Å²) >= 11 is 0. The number of benzene rings is 1. The van der Waals surface area contributed by atoms with Crippen LogP contribution in [0.25, 0.3) is 0 Å². The van der Waals surface area contributed by atoms with Crippen molar-refractivity contribution in [3.63, 3.8) is 0 Å². The quantitative estimate of drug-likeness (QED) is 0.914. The summed E-state index contributed by atoms with van der Waals surface area (Å²) < 4.78 is 10.7. The Labute approximate surface area is 141 Å². The molecule has 0 aliphatic carbocycles. The van der Waals surface area contributed by atoms with Gasteiger partial charge in [-0.2, -0.15) is 0 Å². The van der Waals surface area contributed by atoms with Crippen LogP contribution in [0.4, 0.5) is 10.5 Å². The molecule has 1 aromatic carbocycles. The van der Waals surface area contributed by atoms with Crippen LogP contribution in [0.2, 0.25) is 0 Å². The van der Waals surface area contributed by atoms with E-state index in [4.69, 9.17) is 9.26 Å². The summed E-state index contributed by atoms with van der Waals surface area (Å²) in [5.74, 6) is 1.77. The Morgan fingerprint density at radius 2 is 2.21 bits per heavy atom. The predicted molar refractivity (Wildman–Crippen MR) is 91.3 cm³/mol. The molecule has 6 heteroatoms. The summed E-state index contributed by atoms with van der Waals surface area (Å²) in [4.78, 5) is 14.5. The second-order valence-corrected chi connectivity index (χ2v) is 6.29. The van der Waals surface area contributed by atoms with Gasteiger partial charge >= 0.3 is 6.03 Å². The number of rotatable bonds is 4. The number of carbonyl (C=O) groups excluding carboxylic acids is 1. The molecule has 1 fully saturated rings. The molecular formula is C18H23N3O3. The van der Waals surface area contributed by atoms with Crippen LogP contribution >= 0.6 is 0 Å². The molecule has 0 saturated carbocycles. The minimum Gasteiger partial charge on any atom is -0.495 e. The van der Waals surface area contributed by atoms with Crippen molar-refractivity contribution in [2.24, 2.45) is 0 Å². The van der Waals surface area contributed by atoms with Gasteiger partial charge in [0.1, 0.15) is 17.2 Å². The fraction of sp³-hybridized carbons (Fsp3) is 0.444. The number of urea groups is 1. The summed E-state index contributed by atoms with van der Waals surface area (Å²) in [6.45, 7) is 4.83. The number of nitrogens with zero attached hydrogens (tertiary/aromatic N) is 2. The summed E-state index contributed by atoms with van der Waals surface area (Å²) in [6, 6.07) is 9.16. The van der Waals surface area contributed by atoms with Crippen LogP contribution in [0, 0.1) is 0 Å². The highest BCUT2D eigenvalue weighted by Gasteiger charge is 2.32. The molecule has 24 heavy (non-hydrogen) atoms. The van der Waals surface area contributed by atoms with E-state index in [0.29, 0.717) is 18.0 Å². The van der Waals surface area contributed by atoms with Crippen molar-refractivity contribution in [2.45, 2.75) is 38.6 Å². The molecule has 2 amide bonds. The number of carbonyl (C=O) groups is 1. The number of likely N-dealkylation sites (tertiary alicyclic amines) is 1. The number of aromatic nitrogens is 1. The molecule has 1 unspecified atom stereocenters. The molecule has 1 atom stereocenters. The third kappa shape index (κ3) is 3.22. The molecule has 0 radical (unpaired) electrons. The van der Waals surface area contributed by atoms with Gasteiger partial charge in [-0.3, -0.25) is 0 Å². The highest BCUT2D eigenvalue weighted by Crippen LogP contribution is 2.33. The second-order valence-electron chi connectivity index (χ2n) is 6.29. The van der Waals surface area contributed by atoms with Gasteiger partial charge < -0.3 is 19.5 Å². The Morgan fingerprint density at radius 1 is 1.42 bits per heavy atom. The molecule has 1 aliphatic heterocycles. The Balaban J connectivity index is 1.76. The minimum atomic E-state index is -0.143. The van der Waals surface area contributed by atoms with Crippen molar-refractivity contribution in [1.29, 1.82) is 0 Å². The molecule has 1 aromatic heterocycles. The number of hydrogen-bond donors (Lipinski definition) is 1. The van der Waals surface area contributed by atoms with E-state index in [2.05, 4.69) is 24.3 Å². The Morgan fingerprint density at radius 3 is 2.92 bits per heavy atom. The lowest BCUT2D eigenvalue weighted by atomic mass is 10.1. The van der Waals surface area contributed by atoms with Crippen LogP contribution in [-0.2, 0) is 0 Å². The molecule has 2 aromatic rings. The predicted octanol–water partition coefficient (Wildman–Crippen LogP) is 4.18. The summed E-state index contributed by atoms with van der Waals surface area (Å²) in [5, 5.41) is 7.11. The van der Waals surface area contributed by atoms with Gasteiger partial charge in [0.15, 0.2) is 0 Å². The van der Waals surface area contributed by atoms with E-state index in [-0.39, 0.29) is 18.0 Å². The first kappa shape index (κ1) is 16.4. The molecule has 1 aliphatic rings. The normalized spacial score (nSPS) is 17.3. The van der Waals surface area contributed by atoms with E-state index < -0.39 is 0 Å².